The molecular weight excluding hydrogens is 338 g/mol. The van der Waals surface area contributed by atoms with Crippen molar-refractivity contribution in [2.24, 2.45) is 5.92 Å². The first-order valence-corrected chi connectivity index (χ1v) is 9.74. The summed E-state index contributed by atoms with van der Waals surface area (Å²) >= 11 is 0. The van der Waals surface area contributed by atoms with Gasteiger partial charge >= 0.3 is 5.97 Å². The molecule has 0 saturated heterocycles. The average molecular weight is 365 g/mol. The summed E-state index contributed by atoms with van der Waals surface area (Å²) in [6.45, 7) is 0.806. The highest BCUT2D eigenvalue weighted by molar-refractivity contribution is 5.81. The number of ether oxygens (including phenoxy) is 1. The third-order valence-electron chi connectivity index (χ3n) is 5.06. The molecule has 2 aromatic carbocycles. The van der Waals surface area contributed by atoms with Gasteiger partial charge in [0, 0.05) is 13.1 Å². The van der Waals surface area contributed by atoms with Gasteiger partial charge in [0.25, 0.3) is 5.91 Å². The average Bonchev–Trinajstić information content (AvgIpc) is 2.73. The molecule has 1 fully saturated rings. The van der Waals surface area contributed by atoms with Gasteiger partial charge in [0.05, 0.1) is 5.92 Å². The molecule has 3 rings (SSSR count). The van der Waals surface area contributed by atoms with E-state index >= 15 is 0 Å². The number of carbonyl (C=O) groups is 2. The van der Waals surface area contributed by atoms with Crippen LogP contribution < -0.4 is 0 Å². The molecule has 0 N–H and O–H groups in total. The molecule has 0 spiro atoms. The van der Waals surface area contributed by atoms with E-state index < -0.39 is 0 Å². The SMILES string of the molecule is O=C(OCC(=O)N(Cc1ccccc1)Cc1ccccc1)C1CCCCC1. The van der Waals surface area contributed by atoms with E-state index in [4.69, 9.17) is 4.74 Å². The van der Waals surface area contributed by atoms with Crippen LogP contribution in [0.2, 0.25) is 0 Å². The van der Waals surface area contributed by atoms with Crippen LogP contribution >= 0.6 is 0 Å². The lowest BCUT2D eigenvalue weighted by Crippen LogP contribution is -2.34. The molecule has 1 amide bonds. The van der Waals surface area contributed by atoms with E-state index in [2.05, 4.69) is 0 Å². The minimum Gasteiger partial charge on any atom is -0.455 e. The second kappa shape index (κ2) is 9.91. The molecule has 1 aliphatic carbocycles. The van der Waals surface area contributed by atoms with Crippen LogP contribution in [0.1, 0.15) is 43.2 Å². The van der Waals surface area contributed by atoms with Crippen LogP contribution in [0.5, 0.6) is 0 Å². The first-order valence-electron chi connectivity index (χ1n) is 9.74. The van der Waals surface area contributed by atoms with E-state index in [1.54, 1.807) is 4.90 Å². The molecule has 0 unspecified atom stereocenters. The van der Waals surface area contributed by atoms with Crippen molar-refractivity contribution in [2.45, 2.75) is 45.2 Å². The predicted molar refractivity (Wildman–Crippen MR) is 105 cm³/mol. The zero-order valence-electron chi connectivity index (χ0n) is 15.7. The molecule has 4 nitrogen and oxygen atoms in total. The smallest absolute Gasteiger partial charge is 0.309 e. The van der Waals surface area contributed by atoms with Crippen LogP contribution in [0.25, 0.3) is 0 Å². The third-order valence-corrected chi connectivity index (χ3v) is 5.06. The number of carbonyl (C=O) groups excluding carboxylic acids is 2. The van der Waals surface area contributed by atoms with E-state index in [9.17, 15) is 9.59 Å². The zero-order valence-corrected chi connectivity index (χ0v) is 15.7. The summed E-state index contributed by atoms with van der Waals surface area (Å²) in [7, 11) is 0. The Morgan fingerprint density at radius 1 is 0.815 bits per heavy atom. The fourth-order valence-corrected chi connectivity index (χ4v) is 3.52. The lowest BCUT2D eigenvalue weighted by molar-refractivity contribution is -0.156. The summed E-state index contributed by atoms with van der Waals surface area (Å²) < 4.78 is 5.37. The predicted octanol–water partition coefficient (Wildman–Crippen LogP) is 4.34. The van der Waals surface area contributed by atoms with Gasteiger partial charge in [-0.25, -0.2) is 0 Å². The fourth-order valence-electron chi connectivity index (χ4n) is 3.52. The van der Waals surface area contributed by atoms with Gasteiger partial charge in [0.15, 0.2) is 6.61 Å². The van der Waals surface area contributed by atoms with Crippen LogP contribution in [-0.2, 0) is 27.4 Å². The van der Waals surface area contributed by atoms with E-state index in [0.717, 1.165) is 36.8 Å². The van der Waals surface area contributed by atoms with Crippen molar-refractivity contribution >= 4 is 11.9 Å². The van der Waals surface area contributed by atoms with Gasteiger partial charge in [-0.05, 0) is 24.0 Å². The first-order chi connectivity index (χ1) is 13.2. The third kappa shape index (κ3) is 5.95. The Balaban J connectivity index is 1.61. The Hall–Kier alpha value is -2.62. The molecule has 0 aliphatic heterocycles. The minimum atomic E-state index is -0.220. The monoisotopic (exact) mass is 365 g/mol. The largest absolute Gasteiger partial charge is 0.455 e. The lowest BCUT2D eigenvalue weighted by atomic mass is 9.89. The molecule has 0 atom stereocenters. The van der Waals surface area contributed by atoms with Gasteiger partial charge in [0.1, 0.15) is 0 Å². The van der Waals surface area contributed by atoms with Gasteiger partial charge in [-0.3, -0.25) is 9.59 Å². The van der Waals surface area contributed by atoms with Gasteiger partial charge in [-0.2, -0.15) is 0 Å². The summed E-state index contributed by atoms with van der Waals surface area (Å²) in [5.41, 5.74) is 2.11. The highest BCUT2D eigenvalue weighted by Crippen LogP contribution is 2.24. The normalized spacial score (nSPS) is 14.5. The first kappa shape index (κ1) is 19.2. The molecule has 1 aliphatic rings. The van der Waals surface area contributed by atoms with Gasteiger partial charge in [-0.15, -0.1) is 0 Å². The van der Waals surface area contributed by atoms with Gasteiger partial charge in [-0.1, -0.05) is 79.9 Å². The van der Waals surface area contributed by atoms with Gasteiger partial charge in [0.2, 0.25) is 0 Å². The summed E-state index contributed by atoms with van der Waals surface area (Å²) in [5.74, 6) is -0.419. The summed E-state index contributed by atoms with van der Waals surface area (Å²) in [5, 5.41) is 0. The number of hydrogen-bond acceptors (Lipinski definition) is 3. The maximum absolute atomic E-state index is 12.8. The Bertz CT molecular complexity index is 682. The van der Waals surface area contributed by atoms with Crippen molar-refractivity contribution in [1.29, 1.82) is 0 Å². The molecule has 0 heterocycles. The number of amides is 1. The Kier molecular flexibility index (Phi) is 7.03. The maximum Gasteiger partial charge on any atom is 0.309 e. The summed E-state index contributed by atoms with van der Waals surface area (Å²) in [6, 6.07) is 19.8. The topological polar surface area (TPSA) is 46.6 Å². The molecule has 2 aromatic rings. The lowest BCUT2D eigenvalue weighted by Gasteiger charge is -2.24. The molecule has 0 radical (unpaired) electrons. The molecule has 4 heteroatoms. The standard InChI is InChI=1S/C23H27NO3/c25-22(18-27-23(26)21-14-8-3-9-15-21)24(16-19-10-4-1-5-11-19)17-20-12-6-2-7-13-20/h1-2,4-7,10-13,21H,3,8-9,14-18H2. The Morgan fingerprint density at radius 3 is 1.85 bits per heavy atom. The van der Waals surface area contributed by atoms with E-state index in [1.807, 2.05) is 60.7 Å². The van der Waals surface area contributed by atoms with Crippen molar-refractivity contribution < 1.29 is 14.3 Å². The van der Waals surface area contributed by atoms with Crippen LogP contribution in [-0.4, -0.2) is 23.4 Å². The molecule has 0 bridgehead atoms. The Morgan fingerprint density at radius 2 is 1.33 bits per heavy atom. The Labute approximate surface area is 161 Å². The van der Waals surface area contributed by atoms with E-state index in [1.165, 1.54) is 6.42 Å². The van der Waals surface area contributed by atoms with Crippen molar-refractivity contribution in [3.8, 4) is 0 Å². The second-order valence-electron chi connectivity index (χ2n) is 7.16. The maximum atomic E-state index is 12.8. The minimum absolute atomic E-state index is 0.0387. The van der Waals surface area contributed by atoms with Crippen molar-refractivity contribution in [3.63, 3.8) is 0 Å². The molecule has 1 saturated carbocycles. The summed E-state index contributed by atoms with van der Waals surface area (Å²) in [4.78, 5) is 26.8. The molecular formula is C23H27NO3. The second-order valence-corrected chi connectivity index (χ2v) is 7.16. The van der Waals surface area contributed by atoms with Crippen LogP contribution in [0, 0.1) is 5.92 Å². The van der Waals surface area contributed by atoms with Crippen LogP contribution in [0.3, 0.4) is 0 Å². The molecule has 0 aromatic heterocycles. The number of hydrogen-bond donors (Lipinski definition) is 0. The van der Waals surface area contributed by atoms with Gasteiger partial charge < -0.3 is 9.64 Å². The van der Waals surface area contributed by atoms with Crippen LogP contribution in [0.4, 0.5) is 0 Å². The number of esters is 1. The van der Waals surface area contributed by atoms with Crippen LogP contribution in [0.15, 0.2) is 60.7 Å². The molecule has 27 heavy (non-hydrogen) atoms. The van der Waals surface area contributed by atoms with Crippen molar-refractivity contribution in [2.75, 3.05) is 6.61 Å². The highest BCUT2D eigenvalue weighted by Gasteiger charge is 2.24. The summed E-state index contributed by atoms with van der Waals surface area (Å²) in [6.07, 6.45) is 5.09. The quantitative estimate of drug-likeness (QED) is 0.686. The number of rotatable bonds is 7. The van der Waals surface area contributed by atoms with E-state index in [-0.39, 0.29) is 24.4 Å². The molecule has 142 valence electrons. The van der Waals surface area contributed by atoms with Crippen molar-refractivity contribution in [3.05, 3.63) is 71.8 Å². The number of benzene rings is 2. The zero-order chi connectivity index (χ0) is 18.9. The van der Waals surface area contributed by atoms with Crippen molar-refractivity contribution in [1.82, 2.24) is 4.90 Å². The van der Waals surface area contributed by atoms with E-state index in [0.29, 0.717) is 13.1 Å². The highest BCUT2D eigenvalue weighted by atomic mass is 16.5. The number of nitrogens with zero attached hydrogens (tertiary/aromatic N) is 1. The fraction of sp³-hybridized carbons (Fsp3) is 0.391.